The van der Waals surface area contributed by atoms with E-state index in [2.05, 4.69) is 0 Å². The van der Waals surface area contributed by atoms with Gasteiger partial charge in [-0.1, -0.05) is 0 Å². The third kappa shape index (κ3) is 4.59. The molecule has 0 N–H and O–H groups in total. The number of esters is 1. The van der Waals surface area contributed by atoms with Crippen molar-refractivity contribution in [3.63, 3.8) is 0 Å². The molecule has 9 nitrogen and oxygen atoms in total. The third-order valence-electron chi connectivity index (χ3n) is 5.29. The summed E-state index contributed by atoms with van der Waals surface area (Å²) in [5.41, 5.74) is -0.859. The Morgan fingerprint density at radius 1 is 1.10 bits per heavy atom. The molecule has 1 aromatic carbocycles. The lowest BCUT2D eigenvalue weighted by molar-refractivity contribution is -0.151. The lowest BCUT2D eigenvalue weighted by Gasteiger charge is -2.30. The highest BCUT2D eigenvalue weighted by Crippen LogP contribution is 2.26. The van der Waals surface area contributed by atoms with Crippen molar-refractivity contribution in [3.8, 4) is 0 Å². The Kier molecular flexibility index (Phi) is 6.41. The number of rotatable bonds is 5. The number of halogens is 2. The molecule has 0 saturated carbocycles. The fraction of sp³-hybridized carbons (Fsp3) is 0.421. The molecule has 0 unspecified atom stereocenters. The molecule has 0 amide bonds. The van der Waals surface area contributed by atoms with Gasteiger partial charge in [0.2, 0.25) is 10.0 Å². The summed E-state index contributed by atoms with van der Waals surface area (Å²) < 4.78 is 60.8. The van der Waals surface area contributed by atoms with Crippen molar-refractivity contribution in [1.82, 2.24) is 13.4 Å². The first-order valence-corrected chi connectivity index (χ1v) is 10.8. The maximum atomic E-state index is 13.9. The molecule has 1 aliphatic heterocycles. The number of hydrogen-bond donors (Lipinski definition) is 0. The summed E-state index contributed by atoms with van der Waals surface area (Å²) in [6.07, 6.45) is 0.259. The van der Waals surface area contributed by atoms with Gasteiger partial charge in [-0.05, 0) is 31.0 Å². The quantitative estimate of drug-likeness (QED) is 0.606. The van der Waals surface area contributed by atoms with E-state index in [0.717, 1.165) is 21.0 Å². The van der Waals surface area contributed by atoms with Crippen molar-refractivity contribution in [2.75, 3.05) is 13.1 Å². The van der Waals surface area contributed by atoms with E-state index in [9.17, 15) is 31.6 Å². The molecule has 12 heteroatoms. The van der Waals surface area contributed by atoms with Crippen LogP contribution in [0.4, 0.5) is 8.78 Å². The molecule has 0 bridgehead atoms. The van der Waals surface area contributed by atoms with Gasteiger partial charge in [0.05, 0.1) is 11.6 Å². The van der Waals surface area contributed by atoms with Gasteiger partial charge in [0.15, 0.2) is 0 Å². The summed E-state index contributed by atoms with van der Waals surface area (Å²) in [6.45, 7) is -0.418. The highest BCUT2D eigenvalue weighted by atomic mass is 32.2. The van der Waals surface area contributed by atoms with Crippen molar-refractivity contribution < 1.29 is 26.7 Å². The molecular formula is C19H21F2N3O6S. The van der Waals surface area contributed by atoms with E-state index in [1.165, 1.54) is 24.7 Å². The van der Waals surface area contributed by atoms with E-state index < -0.39 is 49.7 Å². The maximum absolute atomic E-state index is 13.9. The smallest absolute Gasteiger partial charge is 0.330 e. The standard InChI is InChI=1S/C19H21F2N3O6S/c1-22-14(10-17(25)23(2)19(22)27)11-30-18(26)12-5-7-24(8-6-12)31(28,29)16-9-13(20)3-4-15(16)21/h3-4,9-10,12H,5-8,11H2,1-2H3. The zero-order valence-corrected chi connectivity index (χ0v) is 17.7. The highest BCUT2D eigenvalue weighted by molar-refractivity contribution is 7.89. The lowest BCUT2D eigenvalue weighted by atomic mass is 9.98. The number of aromatic nitrogens is 2. The first kappa shape index (κ1) is 22.8. The van der Waals surface area contributed by atoms with E-state index in [1.807, 2.05) is 0 Å². The van der Waals surface area contributed by atoms with E-state index in [-0.39, 0.29) is 38.2 Å². The number of benzene rings is 1. The molecule has 1 aliphatic rings. The molecule has 31 heavy (non-hydrogen) atoms. The molecule has 0 aliphatic carbocycles. The molecule has 1 fully saturated rings. The number of nitrogens with zero attached hydrogens (tertiary/aromatic N) is 3. The van der Waals surface area contributed by atoms with Gasteiger partial charge in [-0.3, -0.25) is 18.7 Å². The molecule has 2 heterocycles. The Morgan fingerprint density at radius 3 is 2.39 bits per heavy atom. The van der Waals surface area contributed by atoms with Crippen LogP contribution in [0.5, 0.6) is 0 Å². The minimum Gasteiger partial charge on any atom is -0.459 e. The van der Waals surface area contributed by atoms with Crippen molar-refractivity contribution in [3.05, 3.63) is 62.4 Å². The van der Waals surface area contributed by atoms with Gasteiger partial charge in [-0.2, -0.15) is 4.31 Å². The molecule has 3 rings (SSSR count). The molecule has 0 atom stereocenters. The van der Waals surface area contributed by atoms with Crippen molar-refractivity contribution in [2.24, 2.45) is 20.0 Å². The van der Waals surface area contributed by atoms with Gasteiger partial charge in [0.25, 0.3) is 5.56 Å². The van der Waals surface area contributed by atoms with Crippen LogP contribution >= 0.6 is 0 Å². The van der Waals surface area contributed by atoms with Gasteiger partial charge in [0, 0.05) is 33.3 Å². The van der Waals surface area contributed by atoms with E-state index in [1.54, 1.807) is 0 Å². The number of hydrogen-bond acceptors (Lipinski definition) is 6. The largest absolute Gasteiger partial charge is 0.459 e. The number of ether oxygens (including phenoxy) is 1. The molecule has 2 aromatic rings. The van der Waals surface area contributed by atoms with Gasteiger partial charge >= 0.3 is 11.7 Å². The Balaban J connectivity index is 1.63. The lowest BCUT2D eigenvalue weighted by Crippen LogP contribution is -2.41. The number of sulfonamides is 1. The predicted octanol–water partition coefficient (Wildman–Crippen LogP) is 0.506. The van der Waals surface area contributed by atoms with Gasteiger partial charge < -0.3 is 4.74 Å². The van der Waals surface area contributed by atoms with Crippen LogP contribution in [-0.2, 0) is 40.3 Å². The second-order valence-corrected chi connectivity index (χ2v) is 9.14. The van der Waals surface area contributed by atoms with Crippen LogP contribution in [0.3, 0.4) is 0 Å². The second kappa shape index (κ2) is 8.71. The molecule has 1 aromatic heterocycles. The Labute approximate surface area is 176 Å². The summed E-state index contributed by atoms with van der Waals surface area (Å²) >= 11 is 0. The fourth-order valence-electron chi connectivity index (χ4n) is 3.33. The summed E-state index contributed by atoms with van der Waals surface area (Å²) in [7, 11) is -1.47. The Hall–Kier alpha value is -2.86. The average molecular weight is 457 g/mol. The Bertz CT molecular complexity index is 1230. The van der Waals surface area contributed by atoms with Crippen molar-refractivity contribution in [1.29, 1.82) is 0 Å². The van der Waals surface area contributed by atoms with Crippen molar-refractivity contribution in [2.45, 2.75) is 24.3 Å². The Morgan fingerprint density at radius 2 is 1.74 bits per heavy atom. The van der Waals surface area contributed by atoms with Crippen LogP contribution < -0.4 is 11.2 Å². The SMILES string of the molecule is Cn1c(COC(=O)C2CCN(S(=O)(=O)c3cc(F)ccc3F)CC2)cc(=O)n(C)c1=O. The highest BCUT2D eigenvalue weighted by Gasteiger charge is 2.34. The predicted molar refractivity (Wildman–Crippen MR) is 105 cm³/mol. The zero-order valence-electron chi connectivity index (χ0n) is 16.9. The average Bonchev–Trinajstić information content (AvgIpc) is 2.75. The summed E-state index contributed by atoms with van der Waals surface area (Å²) in [6, 6.07) is 3.39. The second-order valence-electron chi connectivity index (χ2n) is 7.24. The number of carbonyl (C=O) groups is 1. The monoisotopic (exact) mass is 457 g/mol. The van der Waals surface area contributed by atoms with Gasteiger partial charge in [-0.25, -0.2) is 22.0 Å². The van der Waals surface area contributed by atoms with E-state index >= 15 is 0 Å². The van der Waals surface area contributed by atoms with Crippen LogP contribution in [0.2, 0.25) is 0 Å². The summed E-state index contributed by atoms with van der Waals surface area (Å²) in [5, 5.41) is 0. The van der Waals surface area contributed by atoms with Gasteiger partial charge in [0.1, 0.15) is 23.1 Å². The zero-order chi connectivity index (χ0) is 22.9. The minimum atomic E-state index is -4.25. The minimum absolute atomic E-state index is 0.0670. The molecule has 0 spiro atoms. The van der Waals surface area contributed by atoms with E-state index in [0.29, 0.717) is 6.07 Å². The fourth-order valence-corrected chi connectivity index (χ4v) is 4.87. The summed E-state index contributed by atoms with van der Waals surface area (Å²) in [4.78, 5) is 35.3. The van der Waals surface area contributed by atoms with Gasteiger partial charge in [-0.15, -0.1) is 0 Å². The van der Waals surface area contributed by atoms with E-state index in [4.69, 9.17) is 4.74 Å². The molecular weight excluding hydrogens is 436 g/mol. The van der Waals surface area contributed by atoms with Crippen molar-refractivity contribution >= 4 is 16.0 Å². The first-order valence-electron chi connectivity index (χ1n) is 9.40. The van der Waals surface area contributed by atoms with Crippen LogP contribution in [-0.4, -0.2) is 40.9 Å². The number of piperidine rings is 1. The summed E-state index contributed by atoms with van der Waals surface area (Å²) in [5.74, 6) is -3.12. The van der Waals surface area contributed by atoms with Crippen LogP contribution in [0, 0.1) is 17.6 Å². The van der Waals surface area contributed by atoms with Crippen LogP contribution in [0.1, 0.15) is 18.5 Å². The van der Waals surface area contributed by atoms with Crippen LogP contribution in [0.15, 0.2) is 38.8 Å². The molecule has 168 valence electrons. The molecule has 0 radical (unpaired) electrons. The first-order chi connectivity index (χ1) is 14.5. The molecule has 1 saturated heterocycles. The normalized spacial score (nSPS) is 15.7. The van der Waals surface area contributed by atoms with Crippen LogP contribution in [0.25, 0.3) is 0 Å². The maximum Gasteiger partial charge on any atom is 0.330 e. The third-order valence-corrected chi connectivity index (χ3v) is 7.20. The topological polar surface area (TPSA) is 108 Å². The number of carbonyl (C=O) groups excluding carboxylic acids is 1.